The molecule has 2 nitrogen and oxygen atoms in total. The molecule has 21 heavy (non-hydrogen) atoms. The summed E-state index contributed by atoms with van der Waals surface area (Å²) in [6.07, 6.45) is 15.8. The van der Waals surface area contributed by atoms with Crippen molar-refractivity contribution in [2.45, 2.75) is 90.9 Å². The molecule has 0 radical (unpaired) electrons. The molecule has 128 valence electrons. The SMILES string of the molecule is CCCOCCCCCCCCCCCCCS(=O)CC. The smallest absolute Gasteiger partial charge is 0.0466 e. The zero-order valence-corrected chi connectivity index (χ0v) is 15.4. The van der Waals surface area contributed by atoms with E-state index in [4.69, 9.17) is 4.74 Å². The first-order valence-corrected chi connectivity index (χ1v) is 10.7. The summed E-state index contributed by atoms with van der Waals surface area (Å²) in [7, 11) is -0.553. The van der Waals surface area contributed by atoms with Crippen molar-refractivity contribution in [3.63, 3.8) is 0 Å². The van der Waals surface area contributed by atoms with Gasteiger partial charge in [0.1, 0.15) is 0 Å². The van der Waals surface area contributed by atoms with Gasteiger partial charge in [0.25, 0.3) is 0 Å². The molecule has 3 heteroatoms. The zero-order chi connectivity index (χ0) is 15.6. The van der Waals surface area contributed by atoms with Gasteiger partial charge in [-0.25, -0.2) is 0 Å². The van der Waals surface area contributed by atoms with E-state index in [-0.39, 0.29) is 0 Å². The summed E-state index contributed by atoms with van der Waals surface area (Å²) >= 11 is 0. The lowest BCUT2D eigenvalue weighted by Crippen LogP contribution is -1.99. The van der Waals surface area contributed by atoms with Crippen LogP contribution in [0.15, 0.2) is 0 Å². The Labute approximate surface area is 135 Å². The van der Waals surface area contributed by atoms with Crippen molar-refractivity contribution in [1.82, 2.24) is 0 Å². The largest absolute Gasteiger partial charge is 0.381 e. The van der Waals surface area contributed by atoms with Crippen LogP contribution in [0.5, 0.6) is 0 Å². The van der Waals surface area contributed by atoms with Crippen molar-refractivity contribution < 1.29 is 8.95 Å². The van der Waals surface area contributed by atoms with Crippen LogP contribution in [-0.2, 0) is 15.5 Å². The fourth-order valence-corrected chi connectivity index (χ4v) is 3.26. The van der Waals surface area contributed by atoms with Gasteiger partial charge < -0.3 is 4.74 Å². The van der Waals surface area contributed by atoms with E-state index >= 15 is 0 Å². The molecular weight excluding hydrogens is 280 g/mol. The Morgan fingerprint density at radius 2 is 1.14 bits per heavy atom. The highest BCUT2D eigenvalue weighted by Gasteiger charge is 1.96. The zero-order valence-electron chi connectivity index (χ0n) is 14.5. The van der Waals surface area contributed by atoms with Gasteiger partial charge in [0.15, 0.2) is 0 Å². The summed E-state index contributed by atoms with van der Waals surface area (Å²) in [6.45, 7) is 6.05. The Hall–Kier alpha value is 0.110. The molecular formula is C18H38O2S. The molecule has 0 fully saturated rings. The van der Waals surface area contributed by atoms with Crippen LogP contribution in [0.2, 0.25) is 0 Å². The first-order valence-electron chi connectivity index (χ1n) is 9.24. The molecule has 0 heterocycles. The molecule has 0 aliphatic rings. The van der Waals surface area contributed by atoms with Gasteiger partial charge >= 0.3 is 0 Å². The minimum absolute atomic E-state index is 0.553. The summed E-state index contributed by atoms with van der Waals surface area (Å²) in [6, 6.07) is 0. The third-order valence-corrected chi connectivity index (χ3v) is 5.22. The monoisotopic (exact) mass is 318 g/mol. The molecule has 1 unspecified atom stereocenters. The van der Waals surface area contributed by atoms with Crippen molar-refractivity contribution in [3.05, 3.63) is 0 Å². The van der Waals surface area contributed by atoms with Gasteiger partial charge in [0.2, 0.25) is 0 Å². The van der Waals surface area contributed by atoms with E-state index < -0.39 is 10.8 Å². The van der Waals surface area contributed by atoms with Crippen molar-refractivity contribution in [2.75, 3.05) is 24.7 Å². The van der Waals surface area contributed by atoms with Gasteiger partial charge in [0, 0.05) is 35.5 Å². The molecule has 0 bridgehead atoms. The fraction of sp³-hybridized carbons (Fsp3) is 1.00. The van der Waals surface area contributed by atoms with E-state index in [0.717, 1.165) is 37.6 Å². The van der Waals surface area contributed by atoms with E-state index in [0.29, 0.717) is 0 Å². The van der Waals surface area contributed by atoms with Crippen LogP contribution in [0.3, 0.4) is 0 Å². The van der Waals surface area contributed by atoms with Crippen LogP contribution in [0, 0.1) is 0 Å². The molecule has 0 aromatic heterocycles. The Bertz CT molecular complexity index is 219. The van der Waals surface area contributed by atoms with Crippen LogP contribution < -0.4 is 0 Å². The van der Waals surface area contributed by atoms with E-state index in [1.54, 1.807) is 0 Å². The fourth-order valence-electron chi connectivity index (χ4n) is 2.45. The van der Waals surface area contributed by atoms with Crippen molar-refractivity contribution in [3.8, 4) is 0 Å². The van der Waals surface area contributed by atoms with Crippen LogP contribution in [0.4, 0.5) is 0 Å². The number of rotatable bonds is 17. The number of hydrogen-bond donors (Lipinski definition) is 0. The summed E-state index contributed by atoms with van der Waals surface area (Å²) in [5.74, 6) is 1.74. The number of unbranched alkanes of at least 4 members (excludes halogenated alkanes) is 10. The molecule has 1 atom stereocenters. The maximum atomic E-state index is 11.2. The number of hydrogen-bond acceptors (Lipinski definition) is 2. The highest BCUT2D eigenvalue weighted by Crippen LogP contribution is 2.11. The van der Waals surface area contributed by atoms with Crippen molar-refractivity contribution >= 4 is 10.8 Å². The molecule has 0 amide bonds. The van der Waals surface area contributed by atoms with Gasteiger partial charge in [-0.3, -0.25) is 4.21 Å². The predicted octanol–water partition coefficient (Wildman–Crippen LogP) is 5.47. The van der Waals surface area contributed by atoms with E-state index in [1.165, 1.54) is 64.2 Å². The molecule has 0 spiro atoms. The van der Waals surface area contributed by atoms with Gasteiger partial charge in [-0.15, -0.1) is 0 Å². The molecule has 0 aliphatic heterocycles. The van der Waals surface area contributed by atoms with Crippen LogP contribution in [0.1, 0.15) is 90.9 Å². The molecule has 0 rings (SSSR count). The third-order valence-electron chi connectivity index (χ3n) is 3.83. The van der Waals surface area contributed by atoms with Crippen molar-refractivity contribution in [1.29, 1.82) is 0 Å². The van der Waals surface area contributed by atoms with E-state index in [2.05, 4.69) is 6.92 Å². The first kappa shape index (κ1) is 21.1. The average Bonchev–Trinajstić information content (AvgIpc) is 2.50. The molecule has 0 aromatic carbocycles. The minimum Gasteiger partial charge on any atom is -0.381 e. The Morgan fingerprint density at radius 3 is 1.62 bits per heavy atom. The minimum atomic E-state index is -0.553. The summed E-state index contributed by atoms with van der Waals surface area (Å²) < 4.78 is 16.7. The van der Waals surface area contributed by atoms with Gasteiger partial charge in [-0.2, -0.15) is 0 Å². The third kappa shape index (κ3) is 18.1. The Morgan fingerprint density at radius 1 is 0.667 bits per heavy atom. The summed E-state index contributed by atoms with van der Waals surface area (Å²) in [4.78, 5) is 0. The lowest BCUT2D eigenvalue weighted by molar-refractivity contribution is 0.130. The second kappa shape index (κ2) is 18.2. The van der Waals surface area contributed by atoms with Gasteiger partial charge in [-0.05, 0) is 19.3 Å². The molecule has 0 aromatic rings. The summed E-state index contributed by atoms with van der Waals surface area (Å²) in [5, 5.41) is 0. The topological polar surface area (TPSA) is 26.3 Å². The lowest BCUT2D eigenvalue weighted by Gasteiger charge is -2.04. The molecule has 0 N–H and O–H groups in total. The van der Waals surface area contributed by atoms with Crippen LogP contribution >= 0.6 is 0 Å². The quantitative estimate of drug-likeness (QED) is 0.332. The second-order valence-corrected chi connectivity index (χ2v) is 7.80. The first-order chi connectivity index (χ1) is 10.3. The molecule has 0 saturated carbocycles. The molecule has 0 saturated heterocycles. The maximum absolute atomic E-state index is 11.2. The van der Waals surface area contributed by atoms with Crippen molar-refractivity contribution in [2.24, 2.45) is 0 Å². The standard InChI is InChI=1S/C18H38O2S/c1-3-16-20-17-14-12-10-8-6-5-7-9-11-13-15-18-21(19)4-2/h3-18H2,1-2H3. The average molecular weight is 319 g/mol. The summed E-state index contributed by atoms with van der Waals surface area (Å²) in [5.41, 5.74) is 0. The number of ether oxygens (including phenoxy) is 1. The molecule has 0 aliphatic carbocycles. The van der Waals surface area contributed by atoms with Gasteiger partial charge in [0.05, 0.1) is 0 Å². The Balaban J connectivity index is 2.98. The lowest BCUT2D eigenvalue weighted by atomic mass is 10.1. The highest BCUT2D eigenvalue weighted by molar-refractivity contribution is 7.84. The normalized spacial score (nSPS) is 12.7. The Kier molecular flexibility index (Phi) is 18.3. The second-order valence-electron chi connectivity index (χ2n) is 5.93. The van der Waals surface area contributed by atoms with E-state index in [1.807, 2.05) is 6.92 Å². The van der Waals surface area contributed by atoms with Crippen LogP contribution in [0.25, 0.3) is 0 Å². The predicted molar refractivity (Wildman–Crippen MR) is 95.4 cm³/mol. The van der Waals surface area contributed by atoms with E-state index in [9.17, 15) is 4.21 Å². The maximum Gasteiger partial charge on any atom is 0.0466 e. The highest BCUT2D eigenvalue weighted by atomic mass is 32.2. The van der Waals surface area contributed by atoms with Crippen LogP contribution in [-0.4, -0.2) is 28.9 Å². The van der Waals surface area contributed by atoms with Gasteiger partial charge in [-0.1, -0.05) is 71.6 Å².